The molecule has 0 spiro atoms. The van der Waals surface area contributed by atoms with Crippen LogP contribution in [-0.4, -0.2) is 40.0 Å². The van der Waals surface area contributed by atoms with Gasteiger partial charge in [-0.25, -0.2) is 0 Å². The quantitative estimate of drug-likeness (QED) is 0.342. The molecule has 1 aromatic heterocycles. The second-order valence-corrected chi connectivity index (χ2v) is 8.61. The van der Waals surface area contributed by atoms with Gasteiger partial charge in [-0.1, -0.05) is 25.1 Å². The summed E-state index contributed by atoms with van der Waals surface area (Å²) in [7, 11) is 1.25. The Morgan fingerprint density at radius 1 is 1.00 bits per heavy atom. The molecule has 0 aliphatic heterocycles. The number of rotatable bonds is 8. The number of nitrogens with one attached hydrogen (secondary N) is 1. The predicted octanol–water partition coefficient (Wildman–Crippen LogP) is 6.39. The molecule has 0 saturated heterocycles. The van der Waals surface area contributed by atoms with Crippen LogP contribution in [0.2, 0.25) is 0 Å². The van der Waals surface area contributed by atoms with E-state index in [4.69, 9.17) is 0 Å². The molecule has 0 aliphatic rings. The molecule has 1 heterocycles. The van der Waals surface area contributed by atoms with Crippen molar-refractivity contribution in [2.24, 2.45) is 5.92 Å². The van der Waals surface area contributed by atoms with Crippen molar-refractivity contribution in [2.75, 3.05) is 7.05 Å². The number of nitrogens with zero attached hydrogens (tertiary/aromatic N) is 1. The second kappa shape index (κ2) is 10.2. The summed E-state index contributed by atoms with van der Waals surface area (Å²) in [6.07, 6.45) is -8.20. The summed E-state index contributed by atoms with van der Waals surface area (Å²) in [4.78, 5) is 29.0. The SMILES string of the molecule is CCC(CC(Cc1c[nH]c2ccccc12)N(C)C(=O)c1cc(C(F)(F)F)cc(C(F)(F)F)c1)C(=O)O. The van der Waals surface area contributed by atoms with Crippen molar-refractivity contribution < 1.29 is 41.0 Å². The zero-order valence-electron chi connectivity index (χ0n) is 19.4. The molecule has 0 bridgehead atoms. The van der Waals surface area contributed by atoms with Gasteiger partial charge < -0.3 is 15.0 Å². The maximum Gasteiger partial charge on any atom is 0.416 e. The number of carbonyl (C=O) groups is 2. The number of alkyl halides is 6. The van der Waals surface area contributed by atoms with Gasteiger partial charge in [-0.3, -0.25) is 9.59 Å². The number of hydrogen-bond donors (Lipinski definition) is 2. The lowest BCUT2D eigenvalue weighted by Gasteiger charge is -2.30. The van der Waals surface area contributed by atoms with E-state index in [1.165, 1.54) is 7.05 Å². The second-order valence-electron chi connectivity index (χ2n) is 8.61. The van der Waals surface area contributed by atoms with Crippen molar-refractivity contribution in [1.29, 1.82) is 0 Å². The van der Waals surface area contributed by atoms with Gasteiger partial charge >= 0.3 is 18.3 Å². The van der Waals surface area contributed by atoms with E-state index in [0.29, 0.717) is 12.1 Å². The van der Waals surface area contributed by atoms with E-state index >= 15 is 0 Å². The third kappa shape index (κ3) is 6.00. The fourth-order valence-electron chi connectivity index (χ4n) is 4.15. The first kappa shape index (κ1) is 27.1. The minimum Gasteiger partial charge on any atom is -0.481 e. The van der Waals surface area contributed by atoms with Crippen LogP contribution in [0.4, 0.5) is 26.3 Å². The van der Waals surface area contributed by atoms with Crippen LogP contribution in [0, 0.1) is 5.92 Å². The van der Waals surface area contributed by atoms with Crippen LogP contribution in [0.1, 0.15) is 46.8 Å². The summed E-state index contributed by atoms with van der Waals surface area (Å²) < 4.78 is 79.8. The topological polar surface area (TPSA) is 73.4 Å². The zero-order valence-corrected chi connectivity index (χ0v) is 19.4. The number of hydrogen-bond acceptors (Lipinski definition) is 2. The smallest absolute Gasteiger partial charge is 0.416 e. The molecule has 5 nitrogen and oxygen atoms in total. The molecule has 0 saturated carbocycles. The number of amides is 1. The van der Waals surface area contributed by atoms with E-state index in [-0.39, 0.29) is 25.3 Å². The lowest BCUT2D eigenvalue weighted by Crippen LogP contribution is -2.41. The van der Waals surface area contributed by atoms with Crippen LogP contribution in [0.25, 0.3) is 10.9 Å². The Balaban J connectivity index is 2.03. The number of likely N-dealkylation sites (N-methyl/N-ethyl adjacent to an activating group) is 1. The number of fused-ring (bicyclic) bond motifs is 1. The molecule has 2 aromatic carbocycles. The fraction of sp³-hybridized carbons (Fsp3) is 0.360. The molecule has 2 N–H and O–H groups in total. The largest absolute Gasteiger partial charge is 0.481 e. The third-order valence-electron chi connectivity index (χ3n) is 6.23. The fourth-order valence-corrected chi connectivity index (χ4v) is 4.15. The lowest BCUT2D eigenvalue weighted by molar-refractivity contribution is -0.144. The van der Waals surface area contributed by atoms with Crippen LogP contribution in [-0.2, 0) is 23.6 Å². The normalized spacial score (nSPS) is 14.0. The van der Waals surface area contributed by atoms with Crippen LogP contribution >= 0.6 is 0 Å². The van der Waals surface area contributed by atoms with Gasteiger partial charge in [0.25, 0.3) is 5.91 Å². The van der Waals surface area contributed by atoms with Crippen molar-refractivity contribution in [2.45, 2.75) is 44.6 Å². The number of halogens is 6. The van der Waals surface area contributed by atoms with E-state index in [1.54, 1.807) is 25.3 Å². The zero-order chi connectivity index (χ0) is 26.8. The number of aromatic amines is 1. The van der Waals surface area contributed by atoms with E-state index in [2.05, 4.69) is 4.98 Å². The van der Waals surface area contributed by atoms with Gasteiger partial charge in [0.1, 0.15) is 0 Å². The minimum absolute atomic E-state index is 0.0430. The Hall–Kier alpha value is -3.50. The molecule has 2 atom stereocenters. The van der Waals surface area contributed by atoms with Gasteiger partial charge in [0.2, 0.25) is 0 Å². The van der Waals surface area contributed by atoms with Crippen molar-refractivity contribution in [3.63, 3.8) is 0 Å². The molecule has 0 fully saturated rings. The number of carboxylic acid groups (broad SMARTS) is 1. The average molecular weight is 514 g/mol. The predicted molar refractivity (Wildman–Crippen MR) is 120 cm³/mol. The molecule has 1 amide bonds. The van der Waals surface area contributed by atoms with Crippen LogP contribution < -0.4 is 0 Å². The number of para-hydroxylation sites is 1. The Kier molecular flexibility index (Phi) is 7.70. The summed E-state index contributed by atoms with van der Waals surface area (Å²) in [5.41, 5.74) is -2.46. The summed E-state index contributed by atoms with van der Waals surface area (Å²) in [5.74, 6) is -3.06. The first-order valence-electron chi connectivity index (χ1n) is 11.1. The van der Waals surface area contributed by atoms with E-state index in [0.717, 1.165) is 21.4 Å². The first-order chi connectivity index (χ1) is 16.7. The summed E-state index contributed by atoms with van der Waals surface area (Å²) >= 11 is 0. The van der Waals surface area contributed by atoms with Gasteiger partial charge in [0, 0.05) is 35.8 Å². The number of H-pyrrole nitrogens is 1. The number of aromatic nitrogens is 1. The monoisotopic (exact) mass is 514 g/mol. The molecule has 0 aliphatic carbocycles. The van der Waals surface area contributed by atoms with Crippen molar-refractivity contribution >= 4 is 22.8 Å². The highest BCUT2D eigenvalue weighted by atomic mass is 19.4. The van der Waals surface area contributed by atoms with Gasteiger partial charge in [0.15, 0.2) is 0 Å². The van der Waals surface area contributed by atoms with Crippen molar-refractivity contribution in [3.8, 4) is 0 Å². The van der Waals surface area contributed by atoms with E-state index < -0.39 is 52.9 Å². The Bertz CT molecular complexity index is 1220. The molecular weight excluding hydrogens is 490 g/mol. The van der Waals surface area contributed by atoms with Gasteiger partial charge in [-0.15, -0.1) is 0 Å². The standard InChI is InChI=1S/C25H24F6N2O3/c1-3-14(23(35)36)10-19(11-16-13-32-21-7-5-4-6-20(16)21)33(2)22(34)15-8-17(24(26,27)28)12-18(9-15)25(29,30)31/h4-9,12-14,19,32H,3,10-11H2,1-2H3,(H,35,36). The molecule has 3 aromatic rings. The van der Waals surface area contributed by atoms with E-state index in [1.807, 2.05) is 12.1 Å². The number of carbonyl (C=O) groups excluding carboxylic acids is 1. The third-order valence-corrected chi connectivity index (χ3v) is 6.23. The molecule has 2 unspecified atom stereocenters. The van der Waals surface area contributed by atoms with Crippen LogP contribution in [0.15, 0.2) is 48.7 Å². The van der Waals surface area contributed by atoms with Gasteiger partial charge in [0.05, 0.1) is 17.0 Å². The summed E-state index contributed by atoms with van der Waals surface area (Å²) in [6.45, 7) is 1.64. The minimum atomic E-state index is -5.10. The summed E-state index contributed by atoms with van der Waals surface area (Å²) in [5, 5.41) is 10.4. The van der Waals surface area contributed by atoms with Crippen LogP contribution in [0.3, 0.4) is 0 Å². The Morgan fingerprint density at radius 3 is 2.11 bits per heavy atom. The molecule has 194 valence electrons. The van der Waals surface area contributed by atoms with Crippen LogP contribution in [0.5, 0.6) is 0 Å². The molecule has 0 radical (unpaired) electrons. The first-order valence-corrected chi connectivity index (χ1v) is 11.1. The molecule has 3 rings (SSSR count). The highest BCUT2D eigenvalue weighted by Crippen LogP contribution is 2.37. The van der Waals surface area contributed by atoms with Crippen molar-refractivity contribution in [1.82, 2.24) is 9.88 Å². The van der Waals surface area contributed by atoms with Crippen molar-refractivity contribution in [3.05, 3.63) is 70.9 Å². The molecule has 36 heavy (non-hydrogen) atoms. The number of aliphatic carboxylic acids is 1. The number of benzene rings is 2. The van der Waals surface area contributed by atoms with Gasteiger partial charge in [-0.05, 0) is 49.1 Å². The maximum atomic E-state index is 13.3. The number of carboxylic acids is 1. The Morgan fingerprint density at radius 2 is 1.58 bits per heavy atom. The van der Waals surface area contributed by atoms with Gasteiger partial charge in [-0.2, -0.15) is 26.3 Å². The van der Waals surface area contributed by atoms with E-state index in [9.17, 15) is 41.0 Å². The molecular formula is C25H24F6N2O3. The Labute approximate surface area is 202 Å². The molecule has 11 heteroatoms. The highest BCUT2D eigenvalue weighted by Gasteiger charge is 2.38. The highest BCUT2D eigenvalue weighted by molar-refractivity contribution is 5.95. The maximum absolute atomic E-state index is 13.3. The summed E-state index contributed by atoms with van der Waals surface area (Å²) in [6, 6.07) is 7.12. The lowest BCUT2D eigenvalue weighted by atomic mass is 9.91. The average Bonchev–Trinajstić information content (AvgIpc) is 3.21.